The van der Waals surface area contributed by atoms with Crippen molar-refractivity contribution in [1.29, 1.82) is 0 Å². The summed E-state index contributed by atoms with van der Waals surface area (Å²) in [7, 11) is 0. The summed E-state index contributed by atoms with van der Waals surface area (Å²) in [5.41, 5.74) is 2.31. The molecular weight excluding hydrogens is 369 g/mol. The number of hydrogen-bond acceptors (Lipinski definition) is 3. The highest BCUT2D eigenvalue weighted by molar-refractivity contribution is 6.31. The van der Waals surface area contributed by atoms with Crippen LogP contribution in [-0.4, -0.2) is 11.0 Å². The van der Waals surface area contributed by atoms with Crippen molar-refractivity contribution in [2.45, 2.75) is 13.2 Å². The third-order valence-corrected chi connectivity index (χ3v) is 3.97. The van der Waals surface area contributed by atoms with Gasteiger partial charge in [-0.2, -0.15) is 0 Å². The van der Waals surface area contributed by atoms with Crippen LogP contribution in [0, 0.1) is 5.82 Å². The lowest BCUT2D eigenvalue weighted by Gasteiger charge is -2.09. The maximum Gasteiger partial charge on any atom is 0.319 e. The number of urea groups is 1. The number of aromatic nitrogens is 1. The first-order valence-corrected chi connectivity index (χ1v) is 8.58. The monoisotopic (exact) mass is 385 g/mol. The lowest BCUT2D eigenvalue weighted by atomic mass is 10.2. The summed E-state index contributed by atoms with van der Waals surface area (Å²) in [5.74, 6) is 0.196. The zero-order chi connectivity index (χ0) is 19.1. The molecule has 0 atom stereocenters. The molecule has 0 bridgehead atoms. The zero-order valence-electron chi connectivity index (χ0n) is 14.3. The largest absolute Gasteiger partial charge is 0.489 e. The minimum atomic E-state index is -0.534. The minimum absolute atomic E-state index is 0.0466. The highest BCUT2D eigenvalue weighted by Crippen LogP contribution is 2.19. The van der Waals surface area contributed by atoms with Crippen molar-refractivity contribution in [3.63, 3.8) is 0 Å². The molecule has 1 aromatic heterocycles. The molecule has 0 radical (unpaired) electrons. The number of hydrogen-bond donors (Lipinski definition) is 2. The predicted molar refractivity (Wildman–Crippen MR) is 102 cm³/mol. The molecule has 0 aliphatic carbocycles. The molecule has 7 heteroatoms. The number of pyridine rings is 1. The van der Waals surface area contributed by atoms with E-state index < -0.39 is 11.8 Å². The second-order valence-corrected chi connectivity index (χ2v) is 6.14. The number of nitrogens with one attached hydrogen (secondary N) is 2. The number of rotatable bonds is 6. The second-order valence-electron chi connectivity index (χ2n) is 5.73. The van der Waals surface area contributed by atoms with Crippen molar-refractivity contribution in [1.82, 2.24) is 10.3 Å². The van der Waals surface area contributed by atoms with Crippen molar-refractivity contribution in [2.24, 2.45) is 0 Å². The molecule has 2 amide bonds. The third kappa shape index (κ3) is 5.69. The number of halogens is 2. The van der Waals surface area contributed by atoms with Crippen LogP contribution in [0.25, 0.3) is 0 Å². The Morgan fingerprint density at radius 1 is 1.11 bits per heavy atom. The third-order valence-electron chi connectivity index (χ3n) is 3.68. The second kappa shape index (κ2) is 9.00. The number of benzene rings is 2. The van der Waals surface area contributed by atoms with Gasteiger partial charge in [0.2, 0.25) is 0 Å². The summed E-state index contributed by atoms with van der Waals surface area (Å²) in [4.78, 5) is 16.0. The first-order valence-electron chi connectivity index (χ1n) is 8.21. The summed E-state index contributed by atoms with van der Waals surface area (Å²) >= 11 is 5.69. The van der Waals surface area contributed by atoms with Gasteiger partial charge in [0.1, 0.15) is 18.2 Å². The van der Waals surface area contributed by atoms with Crippen molar-refractivity contribution < 1.29 is 13.9 Å². The Morgan fingerprint density at radius 3 is 2.63 bits per heavy atom. The van der Waals surface area contributed by atoms with Crippen molar-refractivity contribution in [2.75, 3.05) is 5.32 Å². The summed E-state index contributed by atoms with van der Waals surface area (Å²) in [6.45, 7) is 0.776. The Hall–Kier alpha value is -3.12. The van der Waals surface area contributed by atoms with E-state index in [-0.39, 0.29) is 5.02 Å². The molecule has 138 valence electrons. The number of anilines is 1. The van der Waals surface area contributed by atoms with Crippen LogP contribution < -0.4 is 15.4 Å². The van der Waals surface area contributed by atoms with Gasteiger partial charge in [-0.3, -0.25) is 4.98 Å². The van der Waals surface area contributed by atoms with E-state index in [1.807, 2.05) is 36.4 Å². The molecule has 0 saturated carbocycles. The number of nitrogens with zero attached hydrogens (tertiary/aromatic N) is 1. The Morgan fingerprint density at radius 2 is 1.93 bits per heavy atom. The van der Waals surface area contributed by atoms with Gasteiger partial charge in [0.05, 0.1) is 5.02 Å². The average molecular weight is 386 g/mol. The molecule has 0 aliphatic heterocycles. The van der Waals surface area contributed by atoms with Crippen LogP contribution >= 0.6 is 11.6 Å². The van der Waals surface area contributed by atoms with Crippen molar-refractivity contribution in [3.05, 3.63) is 89.0 Å². The first-order chi connectivity index (χ1) is 13.1. The molecule has 3 rings (SSSR count). The van der Waals surface area contributed by atoms with Gasteiger partial charge in [0.15, 0.2) is 0 Å². The Kier molecular flexibility index (Phi) is 6.22. The molecule has 0 aliphatic rings. The van der Waals surface area contributed by atoms with Gasteiger partial charge >= 0.3 is 6.03 Å². The molecule has 0 spiro atoms. The molecule has 5 nitrogen and oxygen atoms in total. The van der Waals surface area contributed by atoms with Gasteiger partial charge < -0.3 is 15.4 Å². The highest BCUT2D eigenvalue weighted by Gasteiger charge is 2.05. The van der Waals surface area contributed by atoms with E-state index in [0.717, 1.165) is 16.9 Å². The highest BCUT2D eigenvalue weighted by atomic mass is 35.5. The average Bonchev–Trinajstić information content (AvgIpc) is 2.69. The smallest absolute Gasteiger partial charge is 0.319 e. The summed E-state index contributed by atoms with van der Waals surface area (Å²) in [6.07, 6.45) is 3.47. The van der Waals surface area contributed by atoms with Crippen molar-refractivity contribution >= 4 is 23.3 Å². The molecule has 0 fully saturated rings. The van der Waals surface area contributed by atoms with E-state index >= 15 is 0 Å². The lowest BCUT2D eigenvalue weighted by Crippen LogP contribution is -2.28. The Bertz CT molecular complexity index is 905. The van der Waals surface area contributed by atoms with Gasteiger partial charge in [-0.05, 0) is 42.0 Å². The van der Waals surface area contributed by atoms with Crippen LogP contribution in [-0.2, 0) is 13.2 Å². The van der Waals surface area contributed by atoms with Gasteiger partial charge in [-0.25, -0.2) is 9.18 Å². The van der Waals surface area contributed by atoms with Crippen LogP contribution in [0.4, 0.5) is 14.9 Å². The fraction of sp³-hybridized carbons (Fsp3) is 0.100. The van der Waals surface area contributed by atoms with Crippen LogP contribution in [0.1, 0.15) is 11.1 Å². The number of ether oxygens (including phenoxy) is 1. The van der Waals surface area contributed by atoms with E-state index in [0.29, 0.717) is 18.8 Å². The standard InChI is InChI=1S/C20H17ClFN3O2/c21-18-10-16(5-8-19(18)22)25-20(26)24-12-14-3-6-17(7-4-14)27-13-15-2-1-9-23-11-15/h1-11H,12-13H2,(H2,24,25,26). The van der Waals surface area contributed by atoms with Crippen LogP contribution in [0.5, 0.6) is 5.75 Å². The fourth-order valence-electron chi connectivity index (χ4n) is 2.29. The summed E-state index contributed by atoms with van der Waals surface area (Å²) < 4.78 is 18.8. The van der Waals surface area contributed by atoms with Crippen LogP contribution in [0.15, 0.2) is 67.0 Å². The van der Waals surface area contributed by atoms with Crippen LogP contribution in [0.2, 0.25) is 5.02 Å². The number of carbonyl (C=O) groups excluding carboxylic acids is 1. The van der Waals surface area contributed by atoms with E-state index in [9.17, 15) is 9.18 Å². The quantitative estimate of drug-likeness (QED) is 0.642. The normalized spacial score (nSPS) is 10.3. The minimum Gasteiger partial charge on any atom is -0.489 e. The first kappa shape index (κ1) is 18.7. The Labute approximate surface area is 161 Å². The van der Waals surface area contributed by atoms with Crippen molar-refractivity contribution in [3.8, 4) is 5.75 Å². The van der Waals surface area contributed by atoms with E-state index in [2.05, 4.69) is 15.6 Å². The SMILES string of the molecule is O=C(NCc1ccc(OCc2cccnc2)cc1)Nc1ccc(F)c(Cl)c1. The van der Waals surface area contributed by atoms with E-state index in [4.69, 9.17) is 16.3 Å². The van der Waals surface area contributed by atoms with Gasteiger partial charge in [-0.15, -0.1) is 0 Å². The molecule has 3 aromatic rings. The topological polar surface area (TPSA) is 63.2 Å². The molecule has 27 heavy (non-hydrogen) atoms. The Balaban J connectivity index is 1.46. The molecule has 2 N–H and O–H groups in total. The van der Waals surface area contributed by atoms with Crippen LogP contribution in [0.3, 0.4) is 0 Å². The molecule has 0 saturated heterocycles. The zero-order valence-corrected chi connectivity index (χ0v) is 15.0. The van der Waals surface area contributed by atoms with E-state index in [1.165, 1.54) is 18.2 Å². The maximum absolute atomic E-state index is 13.1. The summed E-state index contributed by atoms with van der Waals surface area (Å²) in [5, 5.41) is 5.27. The lowest BCUT2D eigenvalue weighted by molar-refractivity contribution is 0.251. The maximum atomic E-state index is 13.1. The van der Waals surface area contributed by atoms with Gasteiger partial charge in [0.25, 0.3) is 0 Å². The predicted octanol–water partition coefficient (Wildman–Crippen LogP) is 4.77. The molecular formula is C20H17ClFN3O2. The molecule has 0 unspecified atom stereocenters. The number of carbonyl (C=O) groups is 1. The number of amides is 2. The van der Waals surface area contributed by atoms with Gasteiger partial charge in [-0.1, -0.05) is 29.8 Å². The molecule has 2 aromatic carbocycles. The van der Waals surface area contributed by atoms with Gasteiger partial charge in [0, 0.05) is 30.2 Å². The van der Waals surface area contributed by atoms with E-state index in [1.54, 1.807) is 12.4 Å². The molecule has 1 heterocycles. The fourth-order valence-corrected chi connectivity index (χ4v) is 2.47. The summed E-state index contributed by atoms with van der Waals surface area (Å²) in [6, 6.07) is 14.8.